The highest BCUT2D eigenvalue weighted by atomic mass is 35.5. The number of nitrogens with one attached hydrogen (secondary N) is 1. The average Bonchev–Trinajstić information content (AvgIpc) is 2.73. The van der Waals surface area contributed by atoms with E-state index in [-0.39, 0.29) is 44.0 Å². The molecule has 0 aliphatic rings. The van der Waals surface area contributed by atoms with E-state index >= 15 is 0 Å². The highest BCUT2D eigenvalue weighted by Crippen LogP contribution is 2.42. The predicted octanol–water partition coefficient (Wildman–Crippen LogP) is 4.12. The molecule has 0 amide bonds. The van der Waals surface area contributed by atoms with Crippen LogP contribution in [-0.2, 0) is 10.0 Å². The molecule has 0 fully saturated rings. The Morgan fingerprint density at radius 1 is 1.00 bits per heavy atom. The van der Waals surface area contributed by atoms with Crippen molar-refractivity contribution < 1.29 is 27.4 Å². The fraction of sp³-hybridized carbons (Fsp3) is 0.0952. The zero-order chi connectivity index (χ0) is 22.3. The van der Waals surface area contributed by atoms with Crippen LogP contribution >= 0.6 is 11.6 Å². The molecule has 160 valence electrons. The summed E-state index contributed by atoms with van der Waals surface area (Å²) in [6, 6.07) is 11.6. The molecule has 8 nitrogen and oxygen atoms in total. The van der Waals surface area contributed by atoms with Gasteiger partial charge in [-0.3, -0.25) is 9.52 Å². The summed E-state index contributed by atoms with van der Waals surface area (Å²) in [5, 5.41) is 11.1. The zero-order valence-electron chi connectivity index (χ0n) is 16.3. The fourth-order valence-corrected chi connectivity index (χ4v) is 4.44. The van der Waals surface area contributed by atoms with Crippen molar-refractivity contribution in [3.63, 3.8) is 0 Å². The van der Waals surface area contributed by atoms with E-state index in [1.807, 2.05) is 0 Å². The number of aromatic hydroxyl groups is 1. The molecule has 0 unspecified atom stereocenters. The average molecular weight is 462 g/mol. The number of phenolic OH excluding ortho intramolecular Hbond substituents is 1. The second kappa shape index (κ2) is 7.68. The van der Waals surface area contributed by atoms with Gasteiger partial charge in [0.15, 0.2) is 11.5 Å². The van der Waals surface area contributed by atoms with Gasteiger partial charge in [0.25, 0.3) is 10.0 Å². The molecule has 0 bridgehead atoms. The molecule has 0 spiro atoms. The van der Waals surface area contributed by atoms with E-state index in [0.29, 0.717) is 5.02 Å². The van der Waals surface area contributed by atoms with E-state index in [9.17, 15) is 18.3 Å². The molecule has 0 saturated heterocycles. The lowest BCUT2D eigenvalue weighted by Gasteiger charge is -2.15. The van der Waals surface area contributed by atoms with Crippen molar-refractivity contribution in [2.45, 2.75) is 4.90 Å². The Balaban J connectivity index is 1.96. The monoisotopic (exact) mass is 461 g/mol. The number of halogens is 1. The van der Waals surface area contributed by atoms with Crippen LogP contribution in [0.4, 0.5) is 5.69 Å². The van der Waals surface area contributed by atoms with Crippen LogP contribution < -0.4 is 19.6 Å². The van der Waals surface area contributed by atoms with Crippen molar-refractivity contribution in [2.24, 2.45) is 0 Å². The zero-order valence-corrected chi connectivity index (χ0v) is 17.9. The van der Waals surface area contributed by atoms with E-state index in [0.717, 1.165) is 0 Å². The van der Waals surface area contributed by atoms with Crippen molar-refractivity contribution in [3.05, 3.63) is 63.8 Å². The van der Waals surface area contributed by atoms with E-state index < -0.39 is 21.2 Å². The largest absolute Gasteiger partial charge is 0.504 e. The van der Waals surface area contributed by atoms with Gasteiger partial charge in [0.05, 0.1) is 24.8 Å². The number of fused-ring (bicyclic) bond motifs is 2. The van der Waals surface area contributed by atoms with Crippen LogP contribution in [0.25, 0.3) is 21.9 Å². The van der Waals surface area contributed by atoms with Crippen LogP contribution in [0.1, 0.15) is 0 Å². The van der Waals surface area contributed by atoms with Crippen LogP contribution in [-0.4, -0.2) is 27.7 Å². The lowest BCUT2D eigenvalue weighted by atomic mass is 10.1. The molecule has 10 heteroatoms. The Hall–Kier alpha value is -3.43. The van der Waals surface area contributed by atoms with Crippen molar-refractivity contribution in [1.29, 1.82) is 0 Å². The highest BCUT2D eigenvalue weighted by molar-refractivity contribution is 7.92. The molecule has 2 N–H and O–H groups in total. The number of phenols is 1. The number of hydrogen-bond acceptors (Lipinski definition) is 7. The first kappa shape index (κ1) is 20.8. The summed E-state index contributed by atoms with van der Waals surface area (Å²) in [5.74, 6) is -0.513. The van der Waals surface area contributed by atoms with Crippen LogP contribution in [0, 0.1) is 0 Å². The van der Waals surface area contributed by atoms with Crippen molar-refractivity contribution in [1.82, 2.24) is 0 Å². The molecule has 1 aromatic heterocycles. The molecule has 0 aliphatic heterocycles. The Kier molecular flexibility index (Phi) is 5.16. The SMILES string of the molecule is COc1c(NS(=O)(=O)c2ccc(Cl)cc2)cc2oc3cccc(OC)c3c(=O)c2c1O. The normalized spacial score (nSPS) is 11.6. The lowest BCUT2D eigenvalue weighted by molar-refractivity contribution is 0.378. The highest BCUT2D eigenvalue weighted by Gasteiger charge is 2.24. The molecular formula is C21H16ClNO7S. The standard InChI is InChI=1S/C21H16ClNO7S/c1-28-14-4-3-5-15-17(14)19(24)18-16(30-15)10-13(21(29-2)20(18)25)23-31(26,27)12-8-6-11(22)7-9-12/h3-10,23,25H,1-2H3. The van der Waals surface area contributed by atoms with E-state index in [4.69, 9.17) is 25.5 Å². The van der Waals surface area contributed by atoms with E-state index in [1.54, 1.807) is 18.2 Å². The summed E-state index contributed by atoms with van der Waals surface area (Å²) in [6.07, 6.45) is 0. The predicted molar refractivity (Wildman–Crippen MR) is 117 cm³/mol. The number of rotatable bonds is 5. The Morgan fingerprint density at radius 2 is 1.71 bits per heavy atom. The number of sulfonamides is 1. The van der Waals surface area contributed by atoms with Crippen LogP contribution in [0.15, 0.2) is 62.6 Å². The molecule has 3 aromatic carbocycles. The van der Waals surface area contributed by atoms with Crippen LogP contribution in [0.2, 0.25) is 5.02 Å². The second-order valence-electron chi connectivity index (χ2n) is 6.50. The number of anilines is 1. The van der Waals surface area contributed by atoms with Gasteiger partial charge in [-0.1, -0.05) is 17.7 Å². The smallest absolute Gasteiger partial charge is 0.262 e. The molecule has 0 atom stereocenters. The van der Waals surface area contributed by atoms with Gasteiger partial charge in [-0.05, 0) is 36.4 Å². The third-order valence-corrected chi connectivity index (χ3v) is 6.31. The Labute approximate surface area is 181 Å². The minimum atomic E-state index is -4.05. The third-order valence-electron chi connectivity index (χ3n) is 4.67. The molecule has 0 aliphatic carbocycles. The summed E-state index contributed by atoms with van der Waals surface area (Å²) < 4.78 is 44.1. The van der Waals surface area contributed by atoms with Gasteiger partial charge in [0.2, 0.25) is 5.43 Å². The van der Waals surface area contributed by atoms with Crippen LogP contribution in [0.5, 0.6) is 17.2 Å². The lowest BCUT2D eigenvalue weighted by Crippen LogP contribution is -2.14. The molecule has 1 heterocycles. The Bertz CT molecular complexity index is 1480. The maximum absolute atomic E-state index is 13.1. The summed E-state index contributed by atoms with van der Waals surface area (Å²) in [6.45, 7) is 0. The van der Waals surface area contributed by atoms with Crippen molar-refractivity contribution in [3.8, 4) is 17.2 Å². The molecular weight excluding hydrogens is 446 g/mol. The molecule has 4 rings (SSSR count). The molecule has 31 heavy (non-hydrogen) atoms. The van der Waals surface area contributed by atoms with Gasteiger partial charge < -0.3 is 19.0 Å². The quantitative estimate of drug-likeness (QED) is 0.429. The fourth-order valence-electron chi connectivity index (χ4n) is 3.26. The Morgan fingerprint density at radius 3 is 2.35 bits per heavy atom. The maximum atomic E-state index is 13.1. The summed E-state index contributed by atoms with van der Waals surface area (Å²) in [7, 11) is -1.40. The molecule has 0 saturated carbocycles. The number of benzene rings is 3. The molecule has 0 radical (unpaired) electrons. The van der Waals surface area contributed by atoms with Gasteiger partial charge in [0.1, 0.15) is 27.7 Å². The van der Waals surface area contributed by atoms with Crippen molar-refractivity contribution >= 4 is 49.3 Å². The first-order valence-electron chi connectivity index (χ1n) is 8.88. The minimum absolute atomic E-state index is 0.0298. The first-order valence-corrected chi connectivity index (χ1v) is 10.7. The third kappa shape index (κ3) is 3.51. The summed E-state index contributed by atoms with van der Waals surface area (Å²) >= 11 is 5.82. The van der Waals surface area contributed by atoms with Crippen molar-refractivity contribution in [2.75, 3.05) is 18.9 Å². The maximum Gasteiger partial charge on any atom is 0.262 e. The van der Waals surface area contributed by atoms with Gasteiger partial charge in [0, 0.05) is 11.1 Å². The van der Waals surface area contributed by atoms with E-state index in [2.05, 4.69) is 4.72 Å². The van der Waals surface area contributed by atoms with Gasteiger partial charge in [-0.15, -0.1) is 0 Å². The summed E-state index contributed by atoms with van der Waals surface area (Å²) in [4.78, 5) is 13.0. The molecule has 4 aromatic rings. The van der Waals surface area contributed by atoms with Gasteiger partial charge >= 0.3 is 0 Å². The van der Waals surface area contributed by atoms with E-state index in [1.165, 1.54) is 44.6 Å². The van der Waals surface area contributed by atoms with Crippen LogP contribution in [0.3, 0.4) is 0 Å². The first-order chi connectivity index (χ1) is 14.8. The second-order valence-corrected chi connectivity index (χ2v) is 8.62. The van der Waals surface area contributed by atoms with Gasteiger partial charge in [-0.2, -0.15) is 0 Å². The van der Waals surface area contributed by atoms with Gasteiger partial charge in [-0.25, -0.2) is 8.42 Å². The number of methoxy groups -OCH3 is 2. The number of hydrogen-bond donors (Lipinski definition) is 2. The number of ether oxygens (including phenoxy) is 2. The summed E-state index contributed by atoms with van der Waals surface area (Å²) in [5.41, 5.74) is -0.463. The minimum Gasteiger partial charge on any atom is -0.504 e. The topological polar surface area (TPSA) is 115 Å².